The van der Waals surface area contributed by atoms with Crippen molar-refractivity contribution in [3.05, 3.63) is 60.2 Å². The number of piperidine rings is 1. The third kappa shape index (κ3) is 2.52. The lowest BCUT2D eigenvalue weighted by atomic mass is 9.62. The molecule has 0 unspecified atom stereocenters. The second-order valence-corrected chi connectivity index (χ2v) is 8.93. The molecule has 2 aromatic rings. The Labute approximate surface area is 175 Å². The standard InChI is InChI=1S/C24H25N3O3/c1-15-12-16(2)20-24(13-17-8-6-7-11-19(17)26(20)14-15)21(28)25-23(30)27(22(24)29)18-9-4-3-5-10-18/h3-11,15-16,20H,12-14H2,1-2H3,(H,25,28,30)/t15-,16+,20+,24-/m1/s1. The second kappa shape index (κ2) is 6.69. The second-order valence-electron chi connectivity index (χ2n) is 8.93. The maximum atomic E-state index is 14.0. The lowest BCUT2D eigenvalue weighted by Crippen LogP contribution is -2.74. The number of para-hydroxylation sites is 2. The Kier molecular flexibility index (Phi) is 4.20. The van der Waals surface area contributed by atoms with Crippen molar-refractivity contribution in [1.82, 2.24) is 5.32 Å². The molecule has 0 aromatic heterocycles. The van der Waals surface area contributed by atoms with E-state index in [1.807, 2.05) is 24.3 Å². The first-order valence-electron chi connectivity index (χ1n) is 10.5. The molecule has 2 saturated heterocycles. The van der Waals surface area contributed by atoms with Crippen LogP contribution >= 0.6 is 0 Å². The largest absolute Gasteiger partial charge is 0.366 e. The molecule has 30 heavy (non-hydrogen) atoms. The van der Waals surface area contributed by atoms with E-state index >= 15 is 0 Å². The molecular weight excluding hydrogens is 378 g/mol. The van der Waals surface area contributed by atoms with Crippen molar-refractivity contribution >= 4 is 29.2 Å². The van der Waals surface area contributed by atoms with Gasteiger partial charge in [-0.3, -0.25) is 14.9 Å². The minimum absolute atomic E-state index is 0.127. The van der Waals surface area contributed by atoms with Gasteiger partial charge in [0.25, 0.3) is 5.91 Å². The first-order valence-corrected chi connectivity index (χ1v) is 10.5. The van der Waals surface area contributed by atoms with Crippen molar-refractivity contribution in [3.63, 3.8) is 0 Å². The summed E-state index contributed by atoms with van der Waals surface area (Å²) >= 11 is 0. The number of carbonyl (C=O) groups is 3. The zero-order chi connectivity index (χ0) is 21.0. The molecule has 0 aliphatic carbocycles. The number of benzene rings is 2. The van der Waals surface area contributed by atoms with Crippen LogP contribution < -0.4 is 15.1 Å². The Morgan fingerprint density at radius 1 is 0.967 bits per heavy atom. The number of imide groups is 2. The minimum Gasteiger partial charge on any atom is -0.366 e. The van der Waals surface area contributed by atoms with Gasteiger partial charge in [-0.2, -0.15) is 0 Å². The van der Waals surface area contributed by atoms with E-state index in [-0.39, 0.29) is 12.0 Å². The van der Waals surface area contributed by atoms with Crippen LogP contribution in [0.25, 0.3) is 0 Å². The van der Waals surface area contributed by atoms with Crippen LogP contribution in [0.2, 0.25) is 0 Å². The quantitative estimate of drug-likeness (QED) is 0.742. The number of rotatable bonds is 1. The molecule has 5 rings (SSSR count). The zero-order valence-corrected chi connectivity index (χ0v) is 17.2. The van der Waals surface area contributed by atoms with Crippen LogP contribution in [0.5, 0.6) is 0 Å². The van der Waals surface area contributed by atoms with Gasteiger partial charge < -0.3 is 4.90 Å². The van der Waals surface area contributed by atoms with E-state index in [1.165, 1.54) is 0 Å². The summed E-state index contributed by atoms with van der Waals surface area (Å²) in [6.07, 6.45) is 1.23. The van der Waals surface area contributed by atoms with Gasteiger partial charge in [-0.15, -0.1) is 0 Å². The summed E-state index contributed by atoms with van der Waals surface area (Å²) in [5.41, 5.74) is 1.21. The van der Waals surface area contributed by atoms with Crippen LogP contribution in [-0.4, -0.2) is 30.4 Å². The van der Waals surface area contributed by atoms with Gasteiger partial charge >= 0.3 is 6.03 Å². The van der Waals surface area contributed by atoms with Gasteiger partial charge in [0.05, 0.1) is 11.7 Å². The Bertz CT molecular complexity index is 1040. The number of barbiturate groups is 1. The summed E-state index contributed by atoms with van der Waals surface area (Å²) < 4.78 is 0. The predicted molar refractivity (Wildman–Crippen MR) is 114 cm³/mol. The number of amides is 4. The summed E-state index contributed by atoms with van der Waals surface area (Å²) in [6.45, 7) is 5.11. The molecule has 1 spiro atoms. The Balaban J connectivity index is 1.70. The van der Waals surface area contributed by atoms with E-state index in [0.29, 0.717) is 18.0 Å². The average Bonchev–Trinajstić information content (AvgIpc) is 2.72. The summed E-state index contributed by atoms with van der Waals surface area (Å²) in [5, 5.41) is 2.52. The van der Waals surface area contributed by atoms with Gasteiger partial charge in [0.15, 0.2) is 5.41 Å². The molecule has 154 valence electrons. The number of nitrogens with zero attached hydrogens (tertiary/aromatic N) is 2. The molecule has 4 atom stereocenters. The van der Waals surface area contributed by atoms with Crippen molar-refractivity contribution in [3.8, 4) is 0 Å². The van der Waals surface area contributed by atoms with E-state index in [4.69, 9.17) is 0 Å². The third-order valence-electron chi connectivity index (χ3n) is 6.86. The van der Waals surface area contributed by atoms with Crippen molar-refractivity contribution in [2.75, 3.05) is 16.3 Å². The maximum absolute atomic E-state index is 14.0. The molecule has 0 saturated carbocycles. The van der Waals surface area contributed by atoms with Crippen LogP contribution in [0.4, 0.5) is 16.2 Å². The molecule has 4 amide bonds. The van der Waals surface area contributed by atoms with Crippen LogP contribution in [0.15, 0.2) is 54.6 Å². The average molecular weight is 403 g/mol. The number of anilines is 2. The predicted octanol–water partition coefficient (Wildman–Crippen LogP) is 3.36. The van der Waals surface area contributed by atoms with E-state index < -0.39 is 23.3 Å². The molecule has 0 bridgehead atoms. The highest BCUT2D eigenvalue weighted by atomic mass is 16.2. The van der Waals surface area contributed by atoms with Gasteiger partial charge in [0, 0.05) is 12.2 Å². The summed E-state index contributed by atoms with van der Waals surface area (Å²) in [4.78, 5) is 43.6. The SMILES string of the molecule is C[C@@H]1C[C@H](C)[C@@H]2N(C1)c1ccccc1C[C@]21C(=O)NC(=O)N(c2ccccc2)C1=O. The van der Waals surface area contributed by atoms with Gasteiger partial charge in [-0.05, 0) is 48.4 Å². The third-order valence-corrected chi connectivity index (χ3v) is 6.86. The number of urea groups is 1. The number of carbonyl (C=O) groups excluding carboxylic acids is 3. The number of hydrogen-bond acceptors (Lipinski definition) is 4. The highest BCUT2D eigenvalue weighted by Crippen LogP contribution is 2.50. The summed E-state index contributed by atoms with van der Waals surface area (Å²) in [6, 6.07) is 15.9. The van der Waals surface area contributed by atoms with Gasteiger partial charge in [0.1, 0.15) is 0 Å². The lowest BCUT2D eigenvalue weighted by Gasteiger charge is -2.56. The van der Waals surface area contributed by atoms with Crippen molar-refractivity contribution < 1.29 is 14.4 Å². The first kappa shape index (κ1) is 18.9. The normalized spacial score (nSPS) is 30.7. The van der Waals surface area contributed by atoms with Crippen molar-refractivity contribution in [1.29, 1.82) is 0 Å². The molecule has 6 nitrogen and oxygen atoms in total. The van der Waals surface area contributed by atoms with E-state index in [0.717, 1.165) is 29.1 Å². The van der Waals surface area contributed by atoms with Crippen molar-refractivity contribution in [2.24, 2.45) is 17.3 Å². The smallest absolute Gasteiger partial charge is 0.335 e. The van der Waals surface area contributed by atoms with Gasteiger partial charge in [0.2, 0.25) is 5.91 Å². The zero-order valence-electron chi connectivity index (χ0n) is 17.2. The topological polar surface area (TPSA) is 69.7 Å². The van der Waals surface area contributed by atoms with Crippen LogP contribution in [-0.2, 0) is 16.0 Å². The molecule has 1 N–H and O–H groups in total. The fourth-order valence-corrected chi connectivity index (χ4v) is 5.82. The Morgan fingerprint density at radius 3 is 2.43 bits per heavy atom. The molecule has 3 heterocycles. The fraction of sp³-hybridized carbons (Fsp3) is 0.375. The minimum atomic E-state index is -1.34. The highest BCUT2D eigenvalue weighted by molar-refractivity contribution is 6.30. The summed E-state index contributed by atoms with van der Waals surface area (Å²) in [5.74, 6) is -0.320. The molecule has 0 radical (unpaired) electrons. The lowest BCUT2D eigenvalue weighted by molar-refractivity contribution is -0.146. The van der Waals surface area contributed by atoms with Crippen LogP contribution in [0, 0.1) is 17.3 Å². The molecule has 2 aromatic carbocycles. The maximum Gasteiger partial charge on any atom is 0.335 e. The molecule has 3 aliphatic heterocycles. The number of hydrogen-bond donors (Lipinski definition) is 1. The first-order chi connectivity index (χ1) is 14.4. The van der Waals surface area contributed by atoms with Gasteiger partial charge in [-0.25, -0.2) is 9.69 Å². The molecule has 6 heteroatoms. The highest BCUT2D eigenvalue weighted by Gasteiger charge is 2.64. The summed E-state index contributed by atoms with van der Waals surface area (Å²) in [7, 11) is 0. The fourth-order valence-electron chi connectivity index (χ4n) is 5.82. The molecular formula is C24H25N3O3. The van der Waals surface area contributed by atoms with E-state index in [1.54, 1.807) is 24.3 Å². The van der Waals surface area contributed by atoms with Crippen LogP contribution in [0.1, 0.15) is 25.8 Å². The molecule has 2 fully saturated rings. The van der Waals surface area contributed by atoms with Crippen LogP contribution in [0.3, 0.4) is 0 Å². The molecule has 3 aliphatic rings. The van der Waals surface area contributed by atoms with Gasteiger partial charge in [-0.1, -0.05) is 50.2 Å². The Morgan fingerprint density at radius 2 is 1.67 bits per heavy atom. The monoisotopic (exact) mass is 403 g/mol. The Hall–Kier alpha value is -3.15. The van der Waals surface area contributed by atoms with Crippen molar-refractivity contribution in [2.45, 2.75) is 32.7 Å². The van der Waals surface area contributed by atoms with E-state index in [9.17, 15) is 14.4 Å². The number of fused-ring (bicyclic) bond motifs is 4. The van der Waals surface area contributed by atoms with E-state index in [2.05, 4.69) is 30.1 Å². The number of nitrogens with one attached hydrogen (secondary N) is 1.